The molecule has 0 saturated carbocycles. The Bertz CT molecular complexity index is 1340. The molecule has 0 spiro atoms. The quantitative estimate of drug-likeness (QED) is 0.314. The van der Waals surface area contributed by atoms with Gasteiger partial charge in [0.2, 0.25) is 0 Å². The van der Waals surface area contributed by atoms with E-state index in [1.807, 2.05) is 67.1 Å². The molecule has 2 heterocycles. The van der Waals surface area contributed by atoms with Crippen molar-refractivity contribution in [2.45, 2.75) is 30.9 Å². The Kier molecular flexibility index (Phi) is 6.35. The number of aliphatic hydroxyl groups is 1. The fourth-order valence-corrected chi connectivity index (χ4v) is 5.01. The third-order valence-corrected chi connectivity index (χ3v) is 6.85. The second kappa shape index (κ2) is 9.03. The number of pyridine rings is 1. The molecule has 0 saturated heterocycles. The van der Waals surface area contributed by atoms with Gasteiger partial charge in [0.1, 0.15) is 6.10 Å². The highest BCUT2D eigenvalue weighted by atomic mass is 35.5. The first-order valence-electron chi connectivity index (χ1n) is 10.1. The minimum Gasteiger partial charge on any atom is -0.388 e. The first-order valence-corrected chi connectivity index (χ1v) is 11.9. The number of nitrogens with zero attached hydrogens (tertiary/aromatic N) is 2. The number of aromatic nitrogens is 2. The highest BCUT2D eigenvalue weighted by Crippen LogP contribution is 2.32. The van der Waals surface area contributed by atoms with Crippen molar-refractivity contribution in [2.24, 2.45) is 0 Å². The number of fused-ring (bicyclic) bond motifs is 1. The van der Waals surface area contributed by atoms with Gasteiger partial charge < -0.3 is 9.67 Å². The third kappa shape index (κ3) is 4.56. The van der Waals surface area contributed by atoms with Crippen LogP contribution in [0.2, 0.25) is 5.15 Å². The zero-order valence-corrected chi connectivity index (χ0v) is 19.2. The van der Waals surface area contributed by atoms with Crippen molar-refractivity contribution >= 4 is 32.6 Å². The number of aryl methyl sites for hydroxylation is 2. The number of aliphatic hydroxyl groups excluding tert-OH is 1. The average Bonchev–Trinajstić information content (AvgIpc) is 3.17. The van der Waals surface area contributed by atoms with Crippen LogP contribution in [0.25, 0.3) is 10.9 Å². The van der Waals surface area contributed by atoms with Crippen LogP contribution in [0, 0.1) is 13.8 Å². The zero-order valence-electron chi connectivity index (χ0n) is 17.6. The molecule has 8 heteroatoms. The van der Waals surface area contributed by atoms with Crippen LogP contribution in [0.3, 0.4) is 0 Å². The molecule has 4 rings (SSSR count). The molecule has 166 valence electrons. The summed E-state index contributed by atoms with van der Waals surface area (Å²) >= 11 is 6.45. The minimum absolute atomic E-state index is 0.0423. The molecule has 0 fully saturated rings. The molecule has 0 aliphatic heterocycles. The summed E-state index contributed by atoms with van der Waals surface area (Å²) in [4.78, 5) is 4.38. The van der Waals surface area contributed by atoms with E-state index < -0.39 is 28.9 Å². The van der Waals surface area contributed by atoms with Gasteiger partial charge in [-0.2, -0.15) is 8.42 Å². The molecule has 0 bridgehead atoms. The zero-order chi connectivity index (χ0) is 22.9. The van der Waals surface area contributed by atoms with Crippen LogP contribution in [0.5, 0.6) is 0 Å². The molecule has 1 N–H and O–H groups in total. The maximum absolute atomic E-state index is 12.6. The van der Waals surface area contributed by atoms with Crippen molar-refractivity contribution in [1.29, 1.82) is 0 Å². The Hall–Kier alpha value is -2.71. The van der Waals surface area contributed by atoms with Gasteiger partial charge in [0.05, 0.1) is 23.1 Å². The molecular formula is C24H23ClN2O4S. The molecule has 0 amide bonds. The summed E-state index contributed by atoms with van der Waals surface area (Å²) in [5, 5.41) is 12.3. The van der Waals surface area contributed by atoms with Gasteiger partial charge in [0, 0.05) is 17.3 Å². The van der Waals surface area contributed by atoms with Crippen molar-refractivity contribution in [2.75, 3.05) is 6.61 Å². The van der Waals surface area contributed by atoms with Gasteiger partial charge in [-0.1, -0.05) is 59.6 Å². The Balaban J connectivity index is 1.68. The van der Waals surface area contributed by atoms with E-state index in [2.05, 4.69) is 4.98 Å². The number of hydrogen-bond donors (Lipinski definition) is 1. The van der Waals surface area contributed by atoms with Gasteiger partial charge in [-0.15, -0.1) is 0 Å². The normalized spacial score (nSPS) is 13.9. The van der Waals surface area contributed by atoms with Crippen molar-refractivity contribution in [3.63, 3.8) is 0 Å². The van der Waals surface area contributed by atoms with Crippen LogP contribution in [-0.4, -0.2) is 35.8 Å². The van der Waals surface area contributed by atoms with E-state index in [4.69, 9.17) is 15.8 Å². The monoisotopic (exact) mass is 470 g/mol. The van der Waals surface area contributed by atoms with E-state index >= 15 is 0 Å². The Morgan fingerprint density at radius 2 is 1.75 bits per heavy atom. The van der Waals surface area contributed by atoms with Crippen LogP contribution in [-0.2, 0) is 14.3 Å². The van der Waals surface area contributed by atoms with E-state index in [-0.39, 0.29) is 4.90 Å². The van der Waals surface area contributed by atoms with Crippen molar-refractivity contribution in [3.05, 3.63) is 94.9 Å². The lowest BCUT2D eigenvalue weighted by molar-refractivity contribution is 0.0785. The van der Waals surface area contributed by atoms with E-state index in [9.17, 15) is 13.5 Å². The molecule has 0 radical (unpaired) electrons. The maximum Gasteiger partial charge on any atom is 0.297 e. The van der Waals surface area contributed by atoms with Crippen LogP contribution in [0.1, 0.15) is 22.9 Å². The summed E-state index contributed by atoms with van der Waals surface area (Å²) in [7, 11) is -4.02. The van der Waals surface area contributed by atoms with Crippen molar-refractivity contribution in [3.8, 4) is 0 Å². The lowest BCUT2D eigenvalue weighted by Crippen LogP contribution is -2.30. The Labute approximate surface area is 192 Å². The summed E-state index contributed by atoms with van der Waals surface area (Å²) in [5.74, 6) is 0. The number of rotatable bonds is 7. The Morgan fingerprint density at radius 3 is 2.44 bits per heavy atom. The number of hydrogen-bond acceptors (Lipinski definition) is 5. The van der Waals surface area contributed by atoms with Crippen molar-refractivity contribution < 1.29 is 17.7 Å². The van der Waals surface area contributed by atoms with E-state index in [0.717, 1.165) is 22.2 Å². The summed E-state index contributed by atoms with van der Waals surface area (Å²) in [5.41, 5.74) is 3.16. The van der Waals surface area contributed by atoms with Gasteiger partial charge in [0.15, 0.2) is 5.15 Å². The van der Waals surface area contributed by atoms with Gasteiger partial charge in [-0.05, 0) is 43.7 Å². The minimum atomic E-state index is -4.02. The number of benzene rings is 2. The van der Waals surface area contributed by atoms with E-state index in [0.29, 0.717) is 10.7 Å². The molecule has 6 nitrogen and oxygen atoms in total. The molecule has 2 atom stereocenters. The molecule has 4 aromatic rings. The summed E-state index contributed by atoms with van der Waals surface area (Å²) in [6, 6.07) is 18.8. The van der Waals surface area contributed by atoms with Gasteiger partial charge in [0.25, 0.3) is 10.1 Å². The maximum atomic E-state index is 12.6. The topological polar surface area (TPSA) is 81.4 Å². The molecule has 2 aromatic heterocycles. The van der Waals surface area contributed by atoms with E-state index in [1.165, 1.54) is 12.1 Å². The highest BCUT2D eigenvalue weighted by molar-refractivity contribution is 7.86. The van der Waals surface area contributed by atoms with Gasteiger partial charge in [-0.25, -0.2) is 4.98 Å². The SMILES string of the molecule is Cc1ccc(S(=O)(=O)OCC(O)C(c2ccccc2)n2ccc3cc(C)nc(Cl)c32)cc1. The van der Waals surface area contributed by atoms with Crippen molar-refractivity contribution in [1.82, 2.24) is 9.55 Å². The first-order chi connectivity index (χ1) is 15.3. The van der Waals surface area contributed by atoms with Gasteiger partial charge in [-0.3, -0.25) is 4.18 Å². The second-order valence-corrected chi connectivity index (χ2v) is 9.66. The smallest absolute Gasteiger partial charge is 0.297 e. The van der Waals surface area contributed by atoms with Crippen LogP contribution < -0.4 is 0 Å². The fraction of sp³-hybridized carbons (Fsp3) is 0.208. The lowest BCUT2D eigenvalue weighted by Gasteiger charge is -2.26. The summed E-state index contributed by atoms with van der Waals surface area (Å²) < 4.78 is 32.3. The standard InChI is InChI=1S/C24H23ClN2O4S/c1-16-8-10-20(11-9-16)32(29,30)31-15-21(28)22(18-6-4-3-5-7-18)27-13-12-19-14-17(2)26-24(25)23(19)27/h3-14,21-22,28H,15H2,1-2H3. The molecular weight excluding hydrogens is 448 g/mol. The Morgan fingerprint density at radius 1 is 1.06 bits per heavy atom. The van der Waals surface area contributed by atoms with Crippen LogP contribution in [0.4, 0.5) is 0 Å². The predicted octanol–water partition coefficient (Wildman–Crippen LogP) is 4.66. The third-order valence-electron chi connectivity index (χ3n) is 5.29. The van der Waals surface area contributed by atoms with Gasteiger partial charge >= 0.3 is 0 Å². The first kappa shape index (κ1) is 22.5. The fourth-order valence-electron chi connectivity index (χ4n) is 3.74. The average molecular weight is 471 g/mol. The van der Waals surface area contributed by atoms with Crippen LogP contribution in [0.15, 0.2) is 77.8 Å². The predicted molar refractivity (Wildman–Crippen MR) is 124 cm³/mol. The molecule has 2 aromatic carbocycles. The highest BCUT2D eigenvalue weighted by Gasteiger charge is 2.28. The summed E-state index contributed by atoms with van der Waals surface area (Å²) in [6.45, 7) is 3.30. The van der Waals surface area contributed by atoms with E-state index in [1.54, 1.807) is 12.1 Å². The summed E-state index contributed by atoms with van der Waals surface area (Å²) in [6.07, 6.45) is 0.637. The van der Waals surface area contributed by atoms with Crippen LogP contribution >= 0.6 is 11.6 Å². The lowest BCUT2D eigenvalue weighted by atomic mass is 10.0. The second-order valence-electron chi connectivity index (χ2n) is 7.69. The molecule has 2 unspecified atom stereocenters. The molecule has 0 aliphatic rings. The number of halogens is 1. The largest absolute Gasteiger partial charge is 0.388 e. The molecule has 32 heavy (non-hydrogen) atoms. The molecule has 0 aliphatic carbocycles.